The molecule has 1 heterocycles. The molecule has 0 aromatic rings. The van der Waals surface area contributed by atoms with Gasteiger partial charge < -0.3 is 4.90 Å². The number of nitrogens with zero attached hydrogens (tertiary/aromatic N) is 1. The molecule has 1 unspecified atom stereocenters. The first kappa shape index (κ1) is 5.16. The van der Waals surface area contributed by atoms with E-state index in [9.17, 15) is 0 Å². The van der Waals surface area contributed by atoms with Crippen LogP contribution in [0.5, 0.6) is 0 Å². The molecule has 0 aromatic heterocycles. The fraction of sp³-hybridized carbons (Fsp3) is 0.400. The van der Waals surface area contributed by atoms with Gasteiger partial charge in [0.15, 0.2) is 0 Å². The highest BCUT2D eigenvalue weighted by atomic mass is 79.9. The van der Waals surface area contributed by atoms with Crippen LogP contribution in [0.15, 0.2) is 12.3 Å². The second-order valence-corrected chi connectivity index (χ2v) is 2.47. The number of halogens is 1. The Labute approximate surface area is 52.1 Å². The lowest BCUT2D eigenvalue weighted by molar-refractivity contribution is 0.579. The number of alkyl halides is 1. The van der Waals surface area contributed by atoms with E-state index in [0.29, 0.717) is 4.83 Å². The molecule has 0 saturated heterocycles. The summed E-state index contributed by atoms with van der Waals surface area (Å²) in [6, 6.07) is 0. The average molecular weight is 160 g/mol. The molecule has 38 valence electrons. The molecule has 1 aliphatic heterocycles. The molecule has 0 aliphatic carbocycles. The van der Waals surface area contributed by atoms with Crippen LogP contribution in [0.2, 0.25) is 0 Å². The minimum absolute atomic E-state index is 0.331. The van der Waals surface area contributed by atoms with Crippen LogP contribution in [-0.4, -0.2) is 16.8 Å². The van der Waals surface area contributed by atoms with Gasteiger partial charge in [-0.2, -0.15) is 0 Å². The van der Waals surface area contributed by atoms with Crippen molar-refractivity contribution in [2.24, 2.45) is 0 Å². The van der Waals surface area contributed by atoms with E-state index >= 15 is 0 Å². The first-order valence-corrected chi connectivity index (χ1v) is 3.02. The molecule has 0 bridgehead atoms. The Balaban J connectivity index is 2.42. The van der Waals surface area contributed by atoms with E-state index in [1.165, 1.54) is 0 Å². The van der Waals surface area contributed by atoms with Gasteiger partial charge >= 0.3 is 0 Å². The molecule has 0 fully saturated rings. The largest absolute Gasteiger partial charge is 0.369 e. The highest BCUT2D eigenvalue weighted by Gasteiger charge is 2.08. The molecule has 7 heavy (non-hydrogen) atoms. The van der Waals surface area contributed by atoms with Crippen LogP contribution in [0, 0.1) is 6.54 Å². The Morgan fingerprint density at radius 2 is 2.57 bits per heavy atom. The topological polar surface area (TPSA) is 3.24 Å². The number of hydrogen-bond donors (Lipinski definition) is 0. The van der Waals surface area contributed by atoms with Gasteiger partial charge in [0.1, 0.15) is 6.54 Å². The standard InChI is InChI=1S/C5H6BrN/c1-7-3-2-5(6)4-7/h2-3,5H,1H3. The van der Waals surface area contributed by atoms with Crippen molar-refractivity contribution in [1.29, 1.82) is 0 Å². The van der Waals surface area contributed by atoms with Gasteiger partial charge in [0, 0.05) is 7.05 Å². The third-order valence-corrected chi connectivity index (χ3v) is 1.32. The minimum Gasteiger partial charge on any atom is -0.369 e. The lowest BCUT2D eigenvalue weighted by Crippen LogP contribution is -2.03. The van der Waals surface area contributed by atoms with Crippen molar-refractivity contribution >= 4 is 15.9 Å². The molecular formula is C5H6BrN. The van der Waals surface area contributed by atoms with Gasteiger partial charge in [-0.1, -0.05) is 22.0 Å². The van der Waals surface area contributed by atoms with Crippen molar-refractivity contribution in [2.45, 2.75) is 4.83 Å². The van der Waals surface area contributed by atoms with Crippen molar-refractivity contribution in [3.05, 3.63) is 18.8 Å². The van der Waals surface area contributed by atoms with Crippen LogP contribution < -0.4 is 0 Å². The number of hydrogen-bond acceptors (Lipinski definition) is 1. The maximum atomic E-state index is 3.34. The molecule has 0 N–H and O–H groups in total. The quantitative estimate of drug-likeness (QED) is 0.482. The molecule has 0 amide bonds. The molecule has 1 rings (SSSR count). The fourth-order valence-corrected chi connectivity index (χ4v) is 0.945. The molecular weight excluding hydrogens is 154 g/mol. The second-order valence-electron chi connectivity index (χ2n) is 1.48. The smallest absolute Gasteiger partial charge is 0.109 e. The Hall–Kier alpha value is 0.0200. The summed E-state index contributed by atoms with van der Waals surface area (Å²) in [6.07, 6.45) is 4.00. The lowest BCUT2D eigenvalue weighted by atomic mass is 10.5. The zero-order valence-electron chi connectivity index (χ0n) is 4.06. The average Bonchev–Trinajstić information content (AvgIpc) is 1.87. The van der Waals surface area contributed by atoms with Crippen molar-refractivity contribution < 1.29 is 0 Å². The molecule has 0 aromatic carbocycles. The van der Waals surface area contributed by atoms with E-state index in [4.69, 9.17) is 0 Å². The summed E-state index contributed by atoms with van der Waals surface area (Å²) in [7, 11) is 1.96. The second kappa shape index (κ2) is 1.86. The Morgan fingerprint density at radius 3 is 2.71 bits per heavy atom. The van der Waals surface area contributed by atoms with E-state index in [1.54, 1.807) is 0 Å². The van der Waals surface area contributed by atoms with Gasteiger partial charge in [-0.05, 0) is 6.20 Å². The third kappa shape index (κ3) is 1.20. The highest BCUT2D eigenvalue weighted by Crippen LogP contribution is 2.14. The first-order valence-electron chi connectivity index (χ1n) is 2.10. The molecule has 1 aliphatic rings. The van der Waals surface area contributed by atoms with Crippen LogP contribution in [0.25, 0.3) is 0 Å². The first-order chi connectivity index (χ1) is 3.29. The molecule has 0 spiro atoms. The third-order valence-electron chi connectivity index (χ3n) is 0.806. The highest BCUT2D eigenvalue weighted by molar-refractivity contribution is 9.09. The normalized spacial score (nSPS) is 29.4. The summed E-state index contributed by atoms with van der Waals surface area (Å²) < 4.78 is 0. The Kier molecular flexibility index (Phi) is 1.38. The van der Waals surface area contributed by atoms with Crippen molar-refractivity contribution in [3.8, 4) is 0 Å². The van der Waals surface area contributed by atoms with Gasteiger partial charge in [0.2, 0.25) is 0 Å². The summed E-state index contributed by atoms with van der Waals surface area (Å²) in [5.74, 6) is 0. The van der Waals surface area contributed by atoms with Gasteiger partial charge in [-0.3, -0.25) is 0 Å². The maximum Gasteiger partial charge on any atom is 0.109 e. The van der Waals surface area contributed by atoms with E-state index in [0.717, 1.165) is 0 Å². The van der Waals surface area contributed by atoms with Crippen LogP contribution in [0.4, 0.5) is 0 Å². The van der Waals surface area contributed by atoms with Crippen LogP contribution >= 0.6 is 15.9 Å². The van der Waals surface area contributed by atoms with Crippen molar-refractivity contribution in [2.75, 3.05) is 7.05 Å². The van der Waals surface area contributed by atoms with Crippen LogP contribution in [-0.2, 0) is 0 Å². The minimum atomic E-state index is 0.331. The Morgan fingerprint density at radius 1 is 1.86 bits per heavy atom. The predicted octanol–water partition coefficient (Wildman–Crippen LogP) is 1.25. The summed E-state index contributed by atoms with van der Waals surface area (Å²) in [5.41, 5.74) is 0. The van der Waals surface area contributed by atoms with E-state index in [2.05, 4.69) is 22.5 Å². The predicted molar refractivity (Wildman–Crippen MR) is 32.9 cm³/mol. The molecule has 2 heteroatoms. The fourth-order valence-electron chi connectivity index (χ4n) is 0.485. The summed E-state index contributed by atoms with van der Waals surface area (Å²) in [4.78, 5) is 2.23. The van der Waals surface area contributed by atoms with Gasteiger partial charge in [-0.25, -0.2) is 0 Å². The molecule has 1 nitrogen and oxygen atoms in total. The lowest BCUT2D eigenvalue weighted by Gasteiger charge is -2.03. The molecule has 1 atom stereocenters. The summed E-state index contributed by atoms with van der Waals surface area (Å²) >= 11 is 3.34. The van der Waals surface area contributed by atoms with E-state index < -0.39 is 0 Å². The Bertz CT molecular complexity index is 80.1. The summed E-state index contributed by atoms with van der Waals surface area (Å²) in [5, 5.41) is 0. The van der Waals surface area contributed by atoms with E-state index in [-0.39, 0.29) is 0 Å². The van der Waals surface area contributed by atoms with Gasteiger partial charge in [-0.15, -0.1) is 0 Å². The van der Waals surface area contributed by atoms with Gasteiger partial charge in [0.25, 0.3) is 0 Å². The zero-order valence-corrected chi connectivity index (χ0v) is 5.64. The number of rotatable bonds is 0. The SMILES string of the molecule is CN1[C]C(Br)C=C1. The van der Waals surface area contributed by atoms with Crippen molar-refractivity contribution in [3.63, 3.8) is 0 Å². The summed E-state index contributed by atoms with van der Waals surface area (Å²) in [6.45, 7) is 3.06. The van der Waals surface area contributed by atoms with Crippen LogP contribution in [0.1, 0.15) is 0 Å². The monoisotopic (exact) mass is 159 g/mol. The van der Waals surface area contributed by atoms with E-state index in [1.807, 2.05) is 24.2 Å². The maximum absolute atomic E-state index is 3.34. The molecule has 0 saturated carbocycles. The zero-order chi connectivity index (χ0) is 5.28. The van der Waals surface area contributed by atoms with Crippen LogP contribution in [0.3, 0.4) is 0 Å². The van der Waals surface area contributed by atoms with Crippen molar-refractivity contribution in [1.82, 2.24) is 4.90 Å². The molecule has 2 radical (unpaired) electrons. The van der Waals surface area contributed by atoms with Gasteiger partial charge in [0.05, 0.1) is 4.83 Å².